The standard InChI is InChI=1S/C11H11NOS/c12-9(7-13)6-10-5-8-3-1-2-4-11(8)14-10/h1-5,7,9H,6,12H2/t9-/m0/s1. The highest BCUT2D eigenvalue weighted by Crippen LogP contribution is 2.25. The van der Waals surface area contributed by atoms with Crippen LogP contribution in [-0.4, -0.2) is 12.3 Å². The largest absolute Gasteiger partial charge is 0.321 e. The zero-order valence-corrected chi connectivity index (χ0v) is 8.46. The Kier molecular flexibility index (Phi) is 2.61. The Morgan fingerprint density at radius 2 is 2.21 bits per heavy atom. The molecule has 2 N–H and O–H groups in total. The van der Waals surface area contributed by atoms with Gasteiger partial charge in [-0.15, -0.1) is 11.3 Å². The van der Waals surface area contributed by atoms with Crippen molar-refractivity contribution in [3.8, 4) is 0 Å². The maximum Gasteiger partial charge on any atom is 0.137 e. The summed E-state index contributed by atoms with van der Waals surface area (Å²) in [4.78, 5) is 11.6. The molecule has 0 aliphatic rings. The molecule has 72 valence electrons. The van der Waals surface area contributed by atoms with Crippen LogP contribution in [0.5, 0.6) is 0 Å². The molecule has 0 fully saturated rings. The van der Waals surface area contributed by atoms with Crippen LogP contribution >= 0.6 is 11.3 Å². The van der Waals surface area contributed by atoms with E-state index in [1.807, 2.05) is 12.1 Å². The number of carbonyl (C=O) groups is 1. The van der Waals surface area contributed by atoms with Gasteiger partial charge >= 0.3 is 0 Å². The topological polar surface area (TPSA) is 43.1 Å². The Labute approximate surface area is 86.3 Å². The predicted octanol–water partition coefficient (Wildman–Crippen LogP) is 1.97. The van der Waals surface area contributed by atoms with Gasteiger partial charge in [-0.25, -0.2) is 0 Å². The van der Waals surface area contributed by atoms with Crippen LogP contribution in [0.25, 0.3) is 10.1 Å². The van der Waals surface area contributed by atoms with Crippen LogP contribution in [0, 0.1) is 0 Å². The molecule has 1 heterocycles. The average molecular weight is 205 g/mol. The molecule has 1 aromatic carbocycles. The van der Waals surface area contributed by atoms with Gasteiger partial charge in [-0.1, -0.05) is 18.2 Å². The second-order valence-electron chi connectivity index (χ2n) is 3.25. The van der Waals surface area contributed by atoms with Crippen LogP contribution in [0.4, 0.5) is 0 Å². The molecule has 0 amide bonds. The van der Waals surface area contributed by atoms with E-state index in [9.17, 15) is 4.79 Å². The fourth-order valence-corrected chi connectivity index (χ4v) is 2.55. The molecule has 0 aliphatic heterocycles. The van der Waals surface area contributed by atoms with E-state index in [-0.39, 0.29) is 6.04 Å². The van der Waals surface area contributed by atoms with Gasteiger partial charge in [0.2, 0.25) is 0 Å². The van der Waals surface area contributed by atoms with E-state index in [0.29, 0.717) is 6.42 Å². The maximum absolute atomic E-state index is 10.4. The smallest absolute Gasteiger partial charge is 0.137 e. The van der Waals surface area contributed by atoms with Crippen molar-refractivity contribution < 1.29 is 4.79 Å². The highest BCUT2D eigenvalue weighted by Gasteiger charge is 2.05. The number of aldehydes is 1. The van der Waals surface area contributed by atoms with E-state index >= 15 is 0 Å². The van der Waals surface area contributed by atoms with Crippen molar-refractivity contribution >= 4 is 27.7 Å². The third-order valence-corrected chi connectivity index (χ3v) is 3.23. The van der Waals surface area contributed by atoms with Gasteiger partial charge in [-0.3, -0.25) is 0 Å². The molecular weight excluding hydrogens is 194 g/mol. The van der Waals surface area contributed by atoms with Crippen molar-refractivity contribution in [3.63, 3.8) is 0 Å². The summed E-state index contributed by atoms with van der Waals surface area (Å²) in [5, 5.41) is 1.23. The second kappa shape index (κ2) is 3.90. The number of carbonyl (C=O) groups excluding carboxylic acids is 1. The zero-order chi connectivity index (χ0) is 9.97. The van der Waals surface area contributed by atoms with E-state index in [4.69, 9.17) is 5.73 Å². The van der Waals surface area contributed by atoms with Crippen molar-refractivity contribution in [2.45, 2.75) is 12.5 Å². The molecule has 1 atom stereocenters. The Morgan fingerprint density at radius 1 is 1.43 bits per heavy atom. The summed E-state index contributed by atoms with van der Waals surface area (Å²) in [5.41, 5.74) is 5.57. The highest BCUT2D eigenvalue weighted by molar-refractivity contribution is 7.19. The monoisotopic (exact) mass is 205 g/mol. The first-order valence-corrected chi connectivity index (χ1v) is 5.29. The molecule has 14 heavy (non-hydrogen) atoms. The molecule has 0 bridgehead atoms. The SMILES string of the molecule is N[C@H](C=O)Cc1cc2ccccc2s1. The lowest BCUT2D eigenvalue weighted by Gasteiger charge is -1.98. The minimum atomic E-state index is -0.372. The Balaban J connectivity index is 2.31. The number of hydrogen-bond donors (Lipinski definition) is 1. The number of rotatable bonds is 3. The first kappa shape index (κ1) is 9.37. The van der Waals surface area contributed by atoms with Gasteiger partial charge in [0.15, 0.2) is 0 Å². The van der Waals surface area contributed by atoms with Gasteiger partial charge in [-0.2, -0.15) is 0 Å². The Morgan fingerprint density at radius 3 is 2.93 bits per heavy atom. The Bertz CT molecular complexity index is 416. The molecule has 0 spiro atoms. The molecule has 0 unspecified atom stereocenters. The number of hydrogen-bond acceptors (Lipinski definition) is 3. The van der Waals surface area contributed by atoms with Gasteiger partial charge < -0.3 is 10.5 Å². The lowest BCUT2D eigenvalue weighted by Crippen LogP contribution is -2.23. The van der Waals surface area contributed by atoms with Crippen molar-refractivity contribution in [2.24, 2.45) is 5.73 Å². The zero-order valence-electron chi connectivity index (χ0n) is 7.64. The quantitative estimate of drug-likeness (QED) is 0.778. The minimum Gasteiger partial charge on any atom is -0.321 e. The molecule has 0 aliphatic carbocycles. The van der Waals surface area contributed by atoms with Crippen LogP contribution in [0.1, 0.15) is 4.88 Å². The molecule has 0 radical (unpaired) electrons. The molecule has 0 saturated carbocycles. The van der Waals surface area contributed by atoms with Crippen molar-refractivity contribution in [1.29, 1.82) is 0 Å². The summed E-state index contributed by atoms with van der Waals surface area (Å²) in [6.45, 7) is 0. The summed E-state index contributed by atoms with van der Waals surface area (Å²) in [6.07, 6.45) is 1.44. The van der Waals surface area contributed by atoms with Gasteiger partial charge in [0.1, 0.15) is 6.29 Å². The highest BCUT2D eigenvalue weighted by atomic mass is 32.1. The van der Waals surface area contributed by atoms with Crippen molar-refractivity contribution in [1.82, 2.24) is 0 Å². The van der Waals surface area contributed by atoms with Crippen LogP contribution < -0.4 is 5.73 Å². The molecule has 1 aromatic heterocycles. The predicted molar refractivity (Wildman–Crippen MR) is 59.6 cm³/mol. The van der Waals surface area contributed by atoms with E-state index in [2.05, 4.69) is 18.2 Å². The van der Waals surface area contributed by atoms with Gasteiger partial charge in [-0.05, 0) is 17.5 Å². The summed E-state index contributed by atoms with van der Waals surface area (Å²) >= 11 is 1.70. The van der Waals surface area contributed by atoms with Crippen molar-refractivity contribution in [2.75, 3.05) is 0 Å². The number of benzene rings is 1. The lowest BCUT2D eigenvalue weighted by molar-refractivity contribution is -0.108. The third-order valence-electron chi connectivity index (χ3n) is 2.09. The average Bonchev–Trinajstić information content (AvgIpc) is 2.59. The number of thiophene rings is 1. The van der Waals surface area contributed by atoms with Gasteiger partial charge in [0, 0.05) is 16.0 Å². The molecule has 2 aromatic rings. The normalized spacial score (nSPS) is 12.9. The Hall–Kier alpha value is -1.19. The second-order valence-corrected chi connectivity index (χ2v) is 4.42. The lowest BCUT2D eigenvalue weighted by atomic mass is 10.2. The molecule has 2 nitrogen and oxygen atoms in total. The number of fused-ring (bicyclic) bond motifs is 1. The molecular formula is C11H11NOS. The van der Waals surface area contributed by atoms with Gasteiger partial charge in [0.25, 0.3) is 0 Å². The van der Waals surface area contributed by atoms with E-state index in [1.165, 1.54) is 15.0 Å². The third kappa shape index (κ3) is 1.84. The van der Waals surface area contributed by atoms with Gasteiger partial charge in [0.05, 0.1) is 6.04 Å². The minimum absolute atomic E-state index is 0.372. The molecule has 3 heteroatoms. The summed E-state index contributed by atoms with van der Waals surface area (Å²) in [7, 11) is 0. The maximum atomic E-state index is 10.4. The van der Waals surface area contributed by atoms with Crippen LogP contribution in [0.3, 0.4) is 0 Å². The van der Waals surface area contributed by atoms with Crippen molar-refractivity contribution in [3.05, 3.63) is 35.2 Å². The first-order valence-electron chi connectivity index (χ1n) is 4.48. The van der Waals surface area contributed by atoms with Crippen LogP contribution in [0.2, 0.25) is 0 Å². The number of nitrogens with two attached hydrogens (primary N) is 1. The first-order chi connectivity index (χ1) is 6.79. The summed E-state index contributed by atoms with van der Waals surface area (Å²) in [6, 6.07) is 9.91. The van der Waals surface area contributed by atoms with E-state index < -0.39 is 0 Å². The van der Waals surface area contributed by atoms with E-state index in [1.54, 1.807) is 11.3 Å². The van der Waals surface area contributed by atoms with E-state index in [0.717, 1.165) is 6.29 Å². The van der Waals surface area contributed by atoms with Crippen LogP contribution in [-0.2, 0) is 11.2 Å². The van der Waals surface area contributed by atoms with Crippen LogP contribution in [0.15, 0.2) is 30.3 Å². The fourth-order valence-electron chi connectivity index (χ4n) is 1.42. The molecule has 2 rings (SSSR count). The summed E-state index contributed by atoms with van der Waals surface area (Å²) < 4.78 is 1.25. The summed E-state index contributed by atoms with van der Waals surface area (Å²) in [5.74, 6) is 0. The fraction of sp³-hybridized carbons (Fsp3) is 0.182. The molecule has 0 saturated heterocycles.